The first kappa shape index (κ1) is 13.7. The van der Waals surface area contributed by atoms with Crippen LogP contribution in [0, 0.1) is 0 Å². The molecule has 0 heterocycles. The molecule has 96 valence electrons. The van der Waals surface area contributed by atoms with Crippen molar-refractivity contribution in [3.05, 3.63) is 29.8 Å². The molecular formula is C10H10F5NO. The van der Waals surface area contributed by atoms with Crippen molar-refractivity contribution in [3.63, 3.8) is 0 Å². The van der Waals surface area contributed by atoms with E-state index in [-0.39, 0.29) is 5.75 Å². The largest absolute Gasteiger partial charge is 0.435 e. The van der Waals surface area contributed by atoms with E-state index in [0.29, 0.717) is 5.56 Å². The monoisotopic (exact) mass is 255 g/mol. The zero-order chi connectivity index (χ0) is 13.1. The van der Waals surface area contributed by atoms with Gasteiger partial charge in [0.05, 0.1) is 0 Å². The lowest BCUT2D eigenvalue weighted by molar-refractivity contribution is -0.147. The van der Waals surface area contributed by atoms with E-state index in [4.69, 9.17) is 5.73 Å². The molecule has 1 rings (SSSR count). The molecule has 17 heavy (non-hydrogen) atoms. The highest BCUT2D eigenvalue weighted by molar-refractivity contribution is 5.27. The molecule has 1 atom stereocenters. The number of benzene rings is 1. The first-order valence-corrected chi connectivity index (χ1v) is 4.65. The van der Waals surface area contributed by atoms with Gasteiger partial charge in [-0.25, -0.2) is 0 Å². The van der Waals surface area contributed by atoms with E-state index < -0.39 is 25.3 Å². The molecule has 0 bridgehead atoms. The summed E-state index contributed by atoms with van der Waals surface area (Å²) < 4.78 is 64.1. The van der Waals surface area contributed by atoms with Crippen molar-refractivity contribution in [3.8, 4) is 5.75 Å². The number of ether oxygens (including phenoxy) is 1. The van der Waals surface area contributed by atoms with E-state index >= 15 is 0 Å². The second-order valence-corrected chi connectivity index (χ2v) is 3.37. The van der Waals surface area contributed by atoms with Crippen LogP contribution in [0.4, 0.5) is 22.0 Å². The first-order valence-electron chi connectivity index (χ1n) is 4.65. The molecule has 7 heteroatoms. The summed E-state index contributed by atoms with van der Waals surface area (Å²) in [5.41, 5.74) is 5.23. The van der Waals surface area contributed by atoms with Crippen molar-refractivity contribution in [1.29, 1.82) is 0 Å². The zero-order valence-electron chi connectivity index (χ0n) is 8.55. The molecule has 0 aliphatic carbocycles. The lowest BCUT2D eigenvalue weighted by Crippen LogP contribution is -2.39. The Hall–Kier alpha value is -1.37. The molecule has 0 radical (unpaired) electrons. The normalized spacial score (nSPS) is 13.8. The van der Waals surface area contributed by atoms with E-state index in [2.05, 4.69) is 4.74 Å². The Labute approximate surface area is 94.2 Å². The second kappa shape index (κ2) is 5.31. The molecule has 0 spiro atoms. The lowest BCUT2D eigenvalue weighted by Gasteiger charge is -2.15. The first-order chi connectivity index (χ1) is 7.79. The van der Waals surface area contributed by atoms with Crippen LogP contribution in [0.3, 0.4) is 0 Å². The minimum atomic E-state index is -4.47. The van der Waals surface area contributed by atoms with Crippen LogP contribution >= 0.6 is 0 Å². The predicted molar refractivity (Wildman–Crippen MR) is 50.8 cm³/mol. The molecule has 0 fully saturated rings. The maximum Gasteiger partial charge on any atom is 0.403 e. The molecule has 0 amide bonds. The summed E-state index contributed by atoms with van der Waals surface area (Å²) in [6.07, 6.45) is -4.88. The Balaban J connectivity index is 2.62. The molecule has 0 aromatic heterocycles. The van der Waals surface area contributed by atoms with Gasteiger partial charge < -0.3 is 10.5 Å². The van der Waals surface area contributed by atoms with Crippen LogP contribution in [0.2, 0.25) is 0 Å². The zero-order valence-corrected chi connectivity index (χ0v) is 8.55. The van der Waals surface area contributed by atoms with Gasteiger partial charge in [-0.3, -0.25) is 0 Å². The Bertz CT molecular complexity index is 349. The molecule has 1 aromatic rings. The Kier molecular flexibility index (Phi) is 4.28. The minimum Gasteiger partial charge on any atom is -0.435 e. The van der Waals surface area contributed by atoms with Gasteiger partial charge in [0.15, 0.2) is 0 Å². The van der Waals surface area contributed by atoms with E-state index in [1.165, 1.54) is 24.3 Å². The SMILES string of the molecule is NC(Cc1ccc(OC(F)F)cc1)C(F)(F)F. The van der Waals surface area contributed by atoms with Gasteiger partial charge in [-0.2, -0.15) is 22.0 Å². The average molecular weight is 255 g/mol. The molecule has 0 aliphatic rings. The molecule has 2 nitrogen and oxygen atoms in total. The molecule has 0 aliphatic heterocycles. The lowest BCUT2D eigenvalue weighted by atomic mass is 10.1. The minimum absolute atomic E-state index is 0.107. The summed E-state index contributed by atoms with van der Waals surface area (Å²) in [4.78, 5) is 0. The van der Waals surface area contributed by atoms with E-state index in [9.17, 15) is 22.0 Å². The summed E-state index contributed by atoms with van der Waals surface area (Å²) in [5.74, 6) is -0.107. The predicted octanol–water partition coefficient (Wildman–Crippen LogP) is 2.72. The van der Waals surface area contributed by atoms with Crippen molar-refractivity contribution in [2.75, 3.05) is 0 Å². The van der Waals surface area contributed by atoms with Crippen molar-refractivity contribution >= 4 is 0 Å². The van der Waals surface area contributed by atoms with Gasteiger partial charge in [0.1, 0.15) is 11.8 Å². The van der Waals surface area contributed by atoms with Crippen molar-refractivity contribution < 1.29 is 26.7 Å². The van der Waals surface area contributed by atoms with Crippen LogP contribution < -0.4 is 10.5 Å². The topological polar surface area (TPSA) is 35.2 Å². The van der Waals surface area contributed by atoms with E-state index in [1.54, 1.807) is 0 Å². The van der Waals surface area contributed by atoms with E-state index in [0.717, 1.165) is 0 Å². The number of hydrogen-bond donors (Lipinski definition) is 1. The fourth-order valence-corrected chi connectivity index (χ4v) is 1.18. The van der Waals surface area contributed by atoms with Crippen molar-refractivity contribution in [1.82, 2.24) is 0 Å². The van der Waals surface area contributed by atoms with Crippen LogP contribution in [-0.4, -0.2) is 18.8 Å². The van der Waals surface area contributed by atoms with Crippen LogP contribution in [0.5, 0.6) is 5.75 Å². The fourth-order valence-electron chi connectivity index (χ4n) is 1.18. The van der Waals surface area contributed by atoms with Crippen molar-refractivity contribution in [2.24, 2.45) is 5.73 Å². The number of halogens is 5. The molecular weight excluding hydrogens is 245 g/mol. The van der Waals surface area contributed by atoms with Gasteiger partial charge in [0.25, 0.3) is 0 Å². The highest BCUT2D eigenvalue weighted by Crippen LogP contribution is 2.22. The number of hydrogen-bond acceptors (Lipinski definition) is 2. The van der Waals surface area contributed by atoms with Crippen LogP contribution in [0.1, 0.15) is 5.56 Å². The smallest absolute Gasteiger partial charge is 0.403 e. The molecule has 1 unspecified atom stereocenters. The highest BCUT2D eigenvalue weighted by Gasteiger charge is 2.36. The average Bonchev–Trinajstić information content (AvgIpc) is 2.18. The number of nitrogens with two attached hydrogens (primary N) is 1. The van der Waals surface area contributed by atoms with Crippen LogP contribution in [0.15, 0.2) is 24.3 Å². The third-order valence-corrected chi connectivity index (χ3v) is 2.02. The number of rotatable bonds is 4. The van der Waals surface area contributed by atoms with Gasteiger partial charge in [-0.1, -0.05) is 12.1 Å². The summed E-state index contributed by atoms with van der Waals surface area (Å²) in [7, 11) is 0. The Morgan fingerprint density at radius 3 is 2.06 bits per heavy atom. The second-order valence-electron chi connectivity index (χ2n) is 3.37. The summed E-state index contributed by atoms with van der Waals surface area (Å²) in [6, 6.07) is 2.91. The molecule has 2 N–H and O–H groups in total. The third-order valence-electron chi connectivity index (χ3n) is 2.02. The molecule has 0 saturated carbocycles. The van der Waals surface area contributed by atoms with Gasteiger partial charge in [0, 0.05) is 0 Å². The quantitative estimate of drug-likeness (QED) is 0.839. The van der Waals surface area contributed by atoms with Crippen LogP contribution in [-0.2, 0) is 6.42 Å². The summed E-state index contributed by atoms with van der Waals surface area (Å²) in [6.45, 7) is -2.96. The molecule has 1 aromatic carbocycles. The summed E-state index contributed by atoms with van der Waals surface area (Å²) >= 11 is 0. The maximum atomic E-state index is 12.1. The maximum absolute atomic E-state index is 12.1. The standard InChI is InChI=1S/C10H10F5NO/c11-9(12)17-7-3-1-6(2-4-7)5-8(16)10(13,14)15/h1-4,8-9H,5,16H2. The van der Waals surface area contributed by atoms with Gasteiger partial charge >= 0.3 is 12.8 Å². The van der Waals surface area contributed by atoms with E-state index in [1.807, 2.05) is 0 Å². The van der Waals surface area contributed by atoms with Crippen LogP contribution in [0.25, 0.3) is 0 Å². The fraction of sp³-hybridized carbons (Fsp3) is 0.400. The summed E-state index contributed by atoms with van der Waals surface area (Å²) in [5, 5.41) is 0. The third kappa shape index (κ3) is 4.56. The highest BCUT2D eigenvalue weighted by atomic mass is 19.4. The molecule has 0 saturated heterocycles. The van der Waals surface area contributed by atoms with Gasteiger partial charge in [-0.15, -0.1) is 0 Å². The number of alkyl halides is 5. The van der Waals surface area contributed by atoms with Gasteiger partial charge in [-0.05, 0) is 24.1 Å². The van der Waals surface area contributed by atoms with Gasteiger partial charge in [0.2, 0.25) is 0 Å². The van der Waals surface area contributed by atoms with Crippen molar-refractivity contribution in [2.45, 2.75) is 25.3 Å². The Morgan fingerprint density at radius 1 is 1.12 bits per heavy atom. The Morgan fingerprint density at radius 2 is 1.65 bits per heavy atom.